The van der Waals surface area contributed by atoms with Crippen LogP contribution in [-0.4, -0.2) is 67.6 Å². The molecule has 9 heteroatoms. The smallest absolute Gasteiger partial charge is 0.411 e. The van der Waals surface area contributed by atoms with Gasteiger partial charge >= 0.3 is 6.18 Å². The van der Waals surface area contributed by atoms with Crippen molar-refractivity contribution in [1.29, 1.82) is 0 Å². The topological polar surface area (TPSA) is 56.6 Å². The number of hydrogen-bond acceptors (Lipinski definition) is 5. The van der Waals surface area contributed by atoms with Gasteiger partial charge in [0.25, 0.3) is 0 Å². The van der Waals surface area contributed by atoms with Crippen molar-refractivity contribution in [1.82, 2.24) is 14.7 Å². The van der Waals surface area contributed by atoms with Crippen LogP contribution in [0.3, 0.4) is 0 Å². The van der Waals surface area contributed by atoms with Crippen molar-refractivity contribution in [2.45, 2.75) is 12.7 Å². The van der Waals surface area contributed by atoms with Gasteiger partial charge in [0, 0.05) is 6.54 Å². The van der Waals surface area contributed by atoms with Crippen LogP contribution >= 0.6 is 0 Å². The Balaban J connectivity index is 2.74. The van der Waals surface area contributed by atoms with Crippen LogP contribution in [0.2, 0.25) is 0 Å². The summed E-state index contributed by atoms with van der Waals surface area (Å²) in [4.78, 5) is 13.9. The maximum Gasteiger partial charge on any atom is 0.411 e. The van der Waals surface area contributed by atoms with Crippen LogP contribution in [0.1, 0.15) is 10.5 Å². The summed E-state index contributed by atoms with van der Waals surface area (Å²) < 4.78 is 46.8. The second kappa shape index (κ2) is 7.41. The molecule has 0 N–H and O–H groups in total. The average molecular weight is 309 g/mol. The number of halogens is 3. The highest BCUT2D eigenvalue weighted by molar-refractivity contribution is 5.98. The Morgan fingerprint density at radius 3 is 2.62 bits per heavy atom. The Morgan fingerprint density at radius 2 is 2.10 bits per heavy atom. The van der Waals surface area contributed by atoms with Crippen molar-refractivity contribution >= 4 is 5.78 Å². The van der Waals surface area contributed by atoms with Crippen molar-refractivity contribution in [3.63, 3.8) is 0 Å². The third-order valence-corrected chi connectivity index (χ3v) is 2.55. The standard InChI is InChI=1S/C12H18F3N3O3/c1-17(2)4-5-18-11(10(20-3)6-16-18)9(19)7-21-8-12(13,14)15/h6H,4-5,7-8H2,1-3H3. The number of hydrogen-bond donors (Lipinski definition) is 0. The largest absolute Gasteiger partial charge is 0.493 e. The fourth-order valence-corrected chi connectivity index (χ4v) is 1.59. The zero-order valence-electron chi connectivity index (χ0n) is 12.1. The zero-order chi connectivity index (χ0) is 16.0. The normalized spacial score (nSPS) is 12.0. The highest BCUT2D eigenvalue weighted by Gasteiger charge is 2.28. The van der Waals surface area contributed by atoms with Crippen LogP contribution in [0.25, 0.3) is 0 Å². The molecule has 0 spiro atoms. The number of Topliss-reactive ketones (excluding diaryl/α,β-unsaturated/α-hetero) is 1. The van der Waals surface area contributed by atoms with Gasteiger partial charge in [-0.2, -0.15) is 18.3 Å². The molecule has 1 aromatic rings. The Kier molecular flexibility index (Phi) is 6.16. The summed E-state index contributed by atoms with van der Waals surface area (Å²) in [6.45, 7) is -1.11. The Bertz CT molecular complexity index is 472. The second-order valence-corrected chi connectivity index (χ2v) is 4.62. The summed E-state index contributed by atoms with van der Waals surface area (Å²) in [6, 6.07) is 0. The number of carbonyl (C=O) groups excluding carboxylic acids is 1. The predicted octanol–water partition coefficient (Wildman–Crippen LogP) is 1.21. The Labute approximate surface area is 120 Å². The minimum absolute atomic E-state index is 0.113. The molecule has 0 saturated carbocycles. The lowest BCUT2D eigenvalue weighted by atomic mass is 10.2. The summed E-state index contributed by atoms with van der Waals surface area (Å²) in [5.41, 5.74) is 0.113. The Morgan fingerprint density at radius 1 is 1.43 bits per heavy atom. The van der Waals surface area contributed by atoms with Crippen LogP contribution in [-0.2, 0) is 11.3 Å². The van der Waals surface area contributed by atoms with Gasteiger partial charge < -0.3 is 14.4 Å². The molecular formula is C12H18F3N3O3. The molecule has 1 rings (SSSR count). The van der Waals surface area contributed by atoms with E-state index in [2.05, 4.69) is 9.84 Å². The van der Waals surface area contributed by atoms with Crippen LogP contribution in [0.4, 0.5) is 13.2 Å². The third kappa shape index (κ3) is 5.72. The quantitative estimate of drug-likeness (QED) is 0.676. The summed E-state index contributed by atoms with van der Waals surface area (Å²) in [5.74, 6) is -0.387. The number of alkyl halides is 3. The highest BCUT2D eigenvalue weighted by Crippen LogP contribution is 2.19. The van der Waals surface area contributed by atoms with Gasteiger partial charge in [-0.1, -0.05) is 0 Å². The van der Waals surface area contributed by atoms with E-state index in [0.29, 0.717) is 13.1 Å². The first-order chi connectivity index (χ1) is 9.74. The predicted molar refractivity (Wildman–Crippen MR) is 68.5 cm³/mol. The second-order valence-electron chi connectivity index (χ2n) is 4.62. The minimum Gasteiger partial charge on any atom is -0.493 e. The van der Waals surface area contributed by atoms with Gasteiger partial charge in [0.05, 0.1) is 19.9 Å². The van der Waals surface area contributed by atoms with E-state index in [-0.39, 0.29) is 11.4 Å². The van der Waals surface area contributed by atoms with E-state index >= 15 is 0 Å². The number of ether oxygens (including phenoxy) is 2. The third-order valence-electron chi connectivity index (χ3n) is 2.55. The van der Waals surface area contributed by atoms with Crippen molar-refractivity contribution in [3.05, 3.63) is 11.9 Å². The number of aromatic nitrogens is 2. The molecule has 0 unspecified atom stereocenters. The molecule has 0 aliphatic carbocycles. The Hall–Kier alpha value is -1.61. The first-order valence-corrected chi connectivity index (χ1v) is 6.17. The molecule has 1 aromatic heterocycles. The van der Waals surface area contributed by atoms with Gasteiger partial charge in [0.1, 0.15) is 18.9 Å². The van der Waals surface area contributed by atoms with Crippen molar-refractivity contribution in [3.8, 4) is 5.75 Å². The summed E-state index contributed by atoms with van der Waals surface area (Å²) in [5, 5.41) is 4.00. The molecule has 0 amide bonds. The molecule has 0 radical (unpaired) electrons. The first kappa shape index (κ1) is 17.4. The van der Waals surface area contributed by atoms with E-state index in [1.807, 2.05) is 19.0 Å². The molecule has 0 saturated heterocycles. The van der Waals surface area contributed by atoms with Gasteiger partial charge in [-0.3, -0.25) is 9.48 Å². The van der Waals surface area contributed by atoms with Crippen molar-refractivity contribution in [2.24, 2.45) is 0 Å². The lowest BCUT2D eigenvalue weighted by Crippen LogP contribution is -2.24. The summed E-state index contributed by atoms with van der Waals surface area (Å²) in [6.07, 6.45) is -3.11. The number of nitrogens with zero attached hydrogens (tertiary/aromatic N) is 3. The molecule has 21 heavy (non-hydrogen) atoms. The van der Waals surface area contributed by atoms with Gasteiger partial charge in [0.2, 0.25) is 5.78 Å². The van der Waals surface area contributed by atoms with Crippen molar-refractivity contribution in [2.75, 3.05) is 41.0 Å². The molecule has 0 bridgehead atoms. The van der Waals surface area contributed by atoms with Crippen LogP contribution in [0.15, 0.2) is 6.20 Å². The average Bonchev–Trinajstić information content (AvgIpc) is 2.77. The maximum absolute atomic E-state index is 12.0. The fourth-order valence-electron chi connectivity index (χ4n) is 1.59. The van der Waals surface area contributed by atoms with Crippen molar-refractivity contribution < 1.29 is 27.4 Å². The number of carbonyl (C=O) groups is 1. The summed E-state index contributed by atoms with van der Waals surface area (Å²) >= 11 is 0. The van der Waals surface area contributed by atoms with E-state index in [1.165, 1.54) is 18.0 Å². The van der Waals surface area contributed by atoms with E-state index in [9.17, 15) is 18.0 Å². The lowest BCUT2D eigenvalue weighted by molar-refractivity contribution is -0.170. The van der Waals surface area contributed by atoms with Gasteiger partial charge in [-0.05, 0) is 14.1 Å². The van der Waals surface area contributed by atoms with E-state index < -0.39 is 25.2 Å². The number of methoxy groups -OCH3 is 1. The molecule has 0 aliphatic heterocycles. The molecule has 0 atom stereocenters. The first-order valence-electron chi connectivity index (χ1n) is 6.17. The molecule has 0 fully saturated rings. The van der Waals surface area contributed by atoms with E-state index in [1.54, 1.807) is 0 Å². The molecule has 6 nitrogen and oxygen atoms in total. The summed E-state index contributed by atoms with van der Waals surface area (Å²) in [7, 11) is 5.07. The lowest BCUT2D eigenvalue weighted by Gasteiger charge is -2.12. The zero-order valence-corrected chi connectivity index (χ0v) is 12.1. The minimum atomic E-state index is -4.46. The maximum atomic E-state index is 12.0. The number of likely N-dealkylation sites (N-methyl/N-ethyl adjacent to an activating group) is 1. The molecule has 1 heterocycles. The highest BCUT2D eigenvalue weighted by atomic mass is 19.4. The fraction of sp³-hybridized carbons (Fsp3) is 0.667. The molecular weight excluding hydrogens is 291 g/mol. The SMILES string of the molecule is COc1cnn(CCN(C)C)c1C(=O)COCC(F)(F)F. The molecule has 120 valence electrons. The van der Waals surface area contributed by atoms with Crippen LogP contribution < -0.4 is 4.74 Å². The van der Waals surface area contributed by atoms with E-state index in [4.69, 9.17) is 4.74 Å². The molecule has 0 aliphatic rings. The number of rotatable bonds is 8. The van der Waals surface area contributed by atoms with Gasteiger partial charge in [-0.15, -0.1) is 0 Å². The van der Waals surface area contributed by atoms with Gasteiger partial charge in [-0.25, -0.2) is 0 Å². The van der Waals surface area contributed by atoms with E-state index in [0.717, 1.165) is 0 Å². The van der Waals surface area contributed by atoms with Crippen LogP contribution in [0.5, 0.6) is 5.75 Å². The van der Waals surface area contributed by atoms with Gasteiger partial charge in [0.15, 0.2) is 5.75 Å². The number of ketones is 1. The monoisotopic (exact) mass is 309 g/mol. The molecule has 0 aromatic carbocycles. The van der Waals surface area contributed by atoms with Crippen LogP contribution in [0, 0.1) is 0 Å².